The second-order valence-electron chi connectivity index (χ2n) is 7.46. The van der Waals surface area contributed by atoms with Crippen LogP contribution in [0.2, 0.25) is 0 Å². The summed E-state index contributed by atoms with van der Waals surface area (Å²) in [6, 6.07) is 4.06. The van der Waals surface area contributed by atoms with E-state index in [1.165, 1.54) is 18.2 Å². The zero-order valence-corrected chi connectivity index (χ0v) is 18.4. The van der Waals surface area contributed by atoms with Crippen molar-refractivity contribution in [1.82, 2.24) is 4.90 Å². The lowest BCUT2D eigenvalue weighted by Gasteiger charge is -2.26. The number of ether oxygens (including phenoxy) is 1. The molecule has 0 radical (unpaired) electrons. The number of nitro benzene ring substituents is 1. The Hall–Kier alpha value is -3.60. The van der Waals surface area contributed by atoms with Gasteiger partial charge in [-0.25, -0.2) is 4.79 Å². The molecule has 32 heavy (non-hydrogen) atoms. The standard InChI is InChI=1S/C21H21N3O7S/c1-4-31-21(28)13-8-9-32-18(13)22-17(25)15(10-11(2)3)23-19(26)12-6-5-7-14(24(29)30)16(12)20(23)27/h5-9,11,15H,4,10H2,1-3H3,(H,22,25)/t15-/m1/s1. The maximum atomic E-state index is 13.2. The van der Waals surface area contributed by atoms with Crippen LogP contribution in [-0.4, -0.2) is 46.2 Å². The first-order chi connectivity index (χ1) is 15.2. The van der Waals surface area contributed by atoms with Crippen LogP contribution in [0, 0.1) is 16.0 Å². The van der Waals surface area contributed by atoms with Gasteiger partial charge >= 0.3 is 5.97 Å². The molecule has 10 nitrogen and oxygen atoms in total. The number of hydrogen-bond donors (Lipinski definition) is 1. The summed E-state index contributed by atoms with van der Waals surface area (Å²) in [6.07, 6.45) is 0.130. The van der Waals surface area contributed by atoms with Crippen LogP contribution in [0.15, 0.2) is 29.6 Å². The number of nitrogens with zero attached hydrogens (tertiary/aromatic N) is 2. The number of benzene rings is 1. The van der Waals surface area contributed by atoms with Crippen molar-refractivity contribution in [1.29, 1.82) is 0 Å². The van der Waals surface area contributed by atoms with Gasteiger partial charge in [-0.3, -0.25) is 29.4 Å². The Labute approximate surface area is 187 Å². The maximum absolute atomic E-state index is 13.2. The number of imide groups is 1. The van der Waals surface area contributed by atoms with Crippen LogP contribution in [0.3, 0.4) is 0 Å². The molecule has 3 amide bonds. The quantitative estimate of drug-likeness (QED) is 0.276. The lowest BCUT2D eigenvalue weighted by molar-refractivity contribution is -0.385. The Kier molecular flexibility index (Phi) is 6.68. The Bertz CT molecular complexity index is 1110. The molecule has 3 rings (SSSR count). The molecule has 1 aromatic carbocycles. The van der Waals surface area contributed by atoms with Crippen molar-refractivity contribution >= 4 is 45.7 Å². The monoisotopic (exact) mass is 459 g/mol. The second-order valence-corrected chi connectivity index (χ2v) is 8.37. The normalized spacial score (nSPS) is 13.8. The molecule has 1 N–H and O–H groups in total. The van der Waals surface area contributed by atoms with Gasteiger partial charge in [0.15, 0.2) is 0 Å². The van der Waals surface area contributed by atoms with E-state index in [2.05, 4.69) is 5.32 Å². The van der Waals surface area contributed by atoms with Gasteiger partial charge in [-0.15, -0.1) is 11.3 Å². The van der Waals surface area contributed by atoms with Gasteiger partial charge in [0.1, 0.15) is 16.6 Å². The maximum Gasteiger partial charge on any atom is 0.341 e. The first kappa shape index (κ1) is 23.1. The molecule has 1 aromatic heterocycles. The average Bonchev–Trinajstić information content (AvgIpc) is 3.29. The number of anilines is 1. The van der Waals surface area contributed by atoms with Gasteiger partial charge in [0.2, 0.25) is 5.91 Å². The molecule has 2 heterocycles. The van der Waals surface area contributed by atoms with Crippen LogP contribution in [0.4, 0.5) is 10.7 Å². The zero-order chi connectivity index (χ0) is 23.6. The van der Waals surface area contributed by atoms with Crippen molar-refractivity contribution in [2.24, 2.45) is 5.92 Å². The van der Waals surface area contributed by atoms with Gasteiger partial charge in [0.05, 0.1) is 22.7 Å². The summed E-state index contributed by atoms with van der Waals surface area (Å²) in [6.45, 7) is 5.45. The second kappa shape index (κ2) is 9.27. The van der Waals surface area contributed by atoms with Crippen molar-refractivity contribution in [3.8, 4) is 0 Å². The molecule has 168 valence electrons. The van der Waals surface area contributed by atoms with Crippen molar-refractivity contribution in [3.05, 3.63) is 56.5 Å². The third kappa shape index (κ3) is 4.24. The van der Waals surface area contributed by atoms with Crippen molar-refractivity contribution in [2.75, 3.05) is 11.9 Å². The van der Waals surface area contributed by atoms with E-state index in [-0.39, 0.29) is 40.6 Å². The summed E-state index contributed by atoms with van der Waals surface area (Å²) < 4.78 is 4.98. The van der Waals surface area contributed by atoms with Crippen molar-refractivity contribution < 1.29 is 28.8 Å². The molecule has 0 saturated carbocycles. The lowest BCUT2D eigenvalue weighted by Crippen LogP contribution is -2.48. The largest absolute Gasteiger partial charge is 0.462 e. The zero-order valence-electron chi connectivity index (χ0n) is 17.6. The summed E-state index contributed by atoms with van der Waals surface area (Å²) >= 11 is 1.10. The Morgan fingerprint density at radius 1 is 1.22 bits per heavy atom. The molecule has 0 bridgehead atoms. The molecular formula is C21H21N3O7S. The highest BCUT2D eigenvalue weighted by molar-refractivity contribution is 7.14. The molecule has 0 aliphatic carbocycles. The number of nitro groups is 1. The van der Waals surface area contributed by atoms with Crippen molar-refractivity contribution in [3.63, 3.8) is 0 Å². The predicted octanol–water partition coefficient (Wildman–Crippen LogP) is 3.48. The van der Waals surface area contributed by atoms with Crippen LogP contribution >= 0.6 is 11.3 Å². The summed E-state index contributed by atoms with van der Waals surface area (Å²) in [5.41, 5.74) is -0.775. The van der Waals surface area contributed by atoms with Crippen LogP contribution in [-0.2, 0) is 9.53 Å². The van der Waals surface area contributed by atoms with Crippen LogP contribution in [0.5, 0.6) is 0 Å². The molecule has 1 aliphatic heterocycles. The number of rotatable bonds is 8. The minimum Gasteiger partial charge on any atom is -0.462 e. The van der Waals surface area contributed by atoms with Gasteiger partial charge in [0.25, 0.3) is 17.5 Å². The number of carbonyl (C=O) groups is 4. The van der Waals surface area contributed by atoms with E-state index in [0.29, 0.717) is 0 Å². The van der Waals surface area contributed by atoms with Gasteiger partial charge in [-0.1, -0.05) is 19.9 Å². The Morgan fingerprint density at radius 3 is 2.56 bits per heavy atom. The van der Waals surface area contributed by atoms with Crippen LogP contribution in [0.25, 0.3) is 0 Å². The van der Waals surface area contributed by atoms with E-state index in [0.717, 1.165) is 22.3 Å². The van der Waals surface area contributed by atoms with E-state index in [9.17, 15) is 29.3 Å². The van der Waals surface area contributed by atoms with Crippen LogP contribution < -0.4 is 5.32 Å². The molecule has 0 fully saturated rings. The fraction of sp³-hybridized carbons (Fsp3) is 0.333. The number of thiophene rings is 1. The van der Waals surface area contributed by atoms with E-state index < -0.39 is 40.3 Å². The molecular weight excluding hydrogens is 438 g/mol. The van der Waals surface area contributed by atoms with Crippen molar-refractivity contribution in [2.45, 2.75) is 33.2 Å². The predicted molar refractivity (Wildman–Crippen MR) is 116 cm³/mol. The number of amides is 3. The number of esters is 1. The van der Waals surface area contributed by atoms with Gasteiger partial charge in [-0.05, 0) is 36.8 Å². The number of nitrogens with one attached hydrogen (secondary N) is 1. The summed E-state index contributed by atoms with van der Waals surface area (Å²) in [7, 11) is 0. The van der Waals surface area contributed by atoms with Gasteiger partial charge in [-0.2, -0.15) is 0 Å². The summed E-state index contributed by atoms with van der Waals surface area (Å²) in [5, 5.41) is 15.8. The van der Waals surface area contributed by atoms with Gasteiger partial charge < -0.3 is 10.1 Å². The topological polar surface area (TPSA) is 136 Å². The fourth-order valence-corrected chi connectivity index (χ4v) is 4.25. The van der Waals surface area contributed by atoms with E-state index >= 15 is 0 Å². The third-order valence-electron chi connectivity index (χ3n) is 4.83. The highest BCUT2D eigenvalue weighted by atomic mass is 32.1. The molecule has 11 heteroatoms. The minimum absolute atomic E-state index is 0.0853. The number of carbonyl (C=O) groups excluding carboxylic acids is 4. The highest BCUT2D eigenvalue weighted by Crippen LogP contribution is 2.34. The molecule has 1 atom stereocenters. The van der Waals surface area contributed by atoms with E-state index in [1.54, 1.807) is 12.3 Å². The van der Waals surface area contributed by atoms with Crippen LogP contribution in [0.1, 0.15) is 58.3 Å². The number of fused-ring (bicyclic) bond motifs is 1. The lowest BCUT2D eigenvalue weighted by atomic mass is 10.0. The number of hydrogen-bond acceptors (Lipinski definition) is 8. The SMILES string of the molecule is CCOC(=O)c1ccsc1NC(=O)[C@@H](CC(C)C)N1C(=O)c2cccc([N+](=O)[O-])c2C1=O. The fourth-order valence-electron chi connectivity index (χ4n) is 3.47. The van der Waals surface area contributed by atoms with E-state index in [1.807, 2.05) is 13.8 Å². The minimum atomic E-state index is -1.22. The third-order valence-corrected chi connectivity index (χ3v) is 5.66. The molecule has 1 aliphatic rings. The molecule has 0 saturated heterocycles. The molecule has 2 aromatic rings. The Morgan fingerprint density at radius 2 is 1.94 bits per heavy atom. The van der Waals surface area contributed by atoms with E-state index in [4.69, 9.17) is 4.74 Å². The summed E-state index contributed by atoms with van der Waals surface area (Å²) in [5.74, 6) is -3.04. The summed E-state index contributed by atoms with van der Waals surface area (Å²) in [4.78, 5) is 62.8. The van der Waals surface area contributed by atoms with Gasteiger partial charge in [0, 0.05) is 6.07 Å². The molecule has 0 unspecified atom stereocenters. The first-order valence-corrected chi connectivity index (χ1v) is 10.8. The average molecular weight is 459 g/mol. The highest BCUT2D eigenvalue weighted by Gasteiger charge is 2.46. The smallest absolute Gasteiger partial charge is 0.341 e. The first-order valence-electron chi connectivity index (χ1n) is 9.88. The Balaban J connectivity index is 1.95. The molecule has 0 spiro atoms.